The van der Waals surface area contributed by atoms with Gasteiger partial charge in [0.2, 0.25) is 0 Å². The summed E-state index contributed by atoms with van der Waals surface area (Å²) in [5.41, 5.74) is 0.597. The van der Waals surface area contributed by atoms with Gasteiger partial charge in [-0.05, 0) is 31.6 Å². The zero-order chi connectivity index (χ0) is 24.2. The lowest BCUT2D eigenvalue weighted by molar-refractivity contribution is -0.122. The van der Waals surface area contributed by atoms with Crippen molar-refractivity contribution in [1.29, 1.82) is 0 Å². The van der Waals surface area contributed by atoms with Crippen molar-refractivity contribution in [2.45, 2.75) is 26.7 Å². The Kier molecular flexibility index (Phi) is 7.52. The van der Waals surface area contributed by atoms with E-state index in [0.717, 1.165) is 12.8 Å². The van der Waals surface area contributed by atoms with Gasteiger partial charge in [-0.1, -0.05) is 43.4 Å². The van der Waals surface area contributed by atoms with Crippen LogP contribution in [-0.2, 0) is 9.53 Å². The Hall–Kier alpha value is -2.92. The third-order valence-corrected chi connectivity index (χ3v) is 7.12. The molecule has 0 saturated carbocycles. The first-order valence-electron chi connectivity index (χ1n) is 11.4. The number of hydrogen-bond donors (Lipinski definition) is 0. The summed E-state index contributed by atoms with van der Waals surface area (Å²) in [6, 6.07) is 5.36. The molecule has 34 heavy (non-hydrogen) atoms. The number of pyridine rings is 1. The standard InChI is InChI=1S/C23H27N5O4S2/c1-3-5-9-28-21(30)17(34-23(28)33)15-16-19(24-18-8-6-7-10-27(18)20(16)29)25-11-13-26(14-12-25)22(31)32-4-2/h6-8,10,15H,3-5,9,11-14H2,1-2H3/b17-15+. The largest absolute Gasteiger partial charge is 0.450 e. The molecule has 0 atom stereocenters. The molecule has 9 nitrogen and oxygen atoms in total. The van der Waals surface area contributed by atoms with Gasteiger partial charge in [-0.25, -0.2) is 9.78 Å². The number of fused-ring (bicyclic) bond motifs is 1. The molecule has 4 rings (SSSR count). The van der Waals surface area contributed by atoms with Gasteiger partial charge >= 0.3 is 6.09 Å². The quantitative estimate of drug-likeness (QED) is 0.441. The molecular formula is C23H27N5O4S2. The molecule has 0 N–H and O–H groups in total. The second-order valence-corrected chi connectivity index (χ2v) is 9.62. The SMILES string of the molecule is CCCCN1C(=O)/C(=C\c2c(N3CCN(C(=O)OCC)CC3)nc3ccccn3c2=O)SC1=S. The fourth-order valence-electron chi connectivity index (χ4n) is 3.91. The van der Waals surface area contributed by atoms with Crippen molar-refractivity contribution < 1.29 is 14.3 Å². The molecule has 0 aromatic carbocycles. The second kappa shape index (κ2) is 10.6. The maximum absolute atomic E-state index is 13.5. The van der Waals surface area contributed by atoms with Crippen LogP contribution in [0.1, 0.15) is 32.3 Å². The minimum Gasteiger partial charge on any atom is -0.450 e. The number of ether oxygens (including phenoxy) is 1. The molecule has 180 valence electrons. The molecule has 2 aromatic heterocycles. The highest BCUT2D eigenvalue weighted by Crippen LogP contribution is 2.33. The summed E-state index contributed by atoms with van der Waals surface area (Å²) in [6.45, 7) is 6.61. The zero-order valence-corrected chi connectivity index (χ0v) is 20.9. The van der Waals surface area contributed by atoms with E-state index in [-0.39, 0.29) is 17.6 Å². The lowest BCUT2D eigenvalue weighted by Crippen LogP contribution is -2.49. The number of hydrogen-bond acceptors (Lipinski definition) is 8. The van der Waals surface area contributed by atoms with Gasteiger partial charge < -0.3 is 14.5 Å². The van der Waals surface area contributed by atoms with E-state index >= 15 is 0 Å². The van der Waals surface area contributed by atoms with Crippen LogP contribution in [0.3, 0.4) is 0 Å². The molecule has 2 saturated heterocycles. The fraction of sp³-hybridized carbons (Fsp3) is 0.435. The Morgan fingerprint density at radius 2 is 1.97 bits per heavy atom. The van der Waals surface area contributed by atoms with Crippen LogP contribution in [-0.4, -0.2) is 74.8 Å². The van der Waals surface area contributed by atoms with Gasteiger partial charge in [-0.3, -0.25) is 18.9 Å². The third-order valence-electron chi connectivity index (χ3n) is 5.74. The molecule has 0 unspecified atom stereocenters. The van der Waals surface area contributed by atoms with E-state index in [1.54, 1.807) is 41.1 Å². The highest BCUT2D eigenvalue weighted by atomic mass is 32.2. The van der Waals surface area contributed by atoms with Crippen molar-refractivity contribution >= 4 is 57.8 Å². The molecular weight excluding hydrogens is 474 g/mol. The smallest absolute Gasteiger partial charge is 0.409 e. The first-order valence-corrected chi connectivity index (χ1v) is 12.6. The topological polar surface area (TPSA) is 87.5 Å². The van der Waals surface area contributed by atoms with Crippen LogP contribution in [0.2, 0.25) is 0 Å². The average molecular weight is 502 g/mol. The summed E-state index contributed by atoms with van der Waals surface area (Å²) in [4.78, 5) is 49.0. The van der Waals surface area contributed by atoms with Crippen LogP contribution < -0.4 is 10.5 Å². The molecule has 2 amide bonds. The number of thioether (sulfide) groups is 1. The molecule has 0 spiro atoms. The van der Waals surface area contributed by atoms with E-state index in [9.17, 15) is 14.4 Å². The van der Waals surface area contributed by atoms with Gasteiger partial charge in [0.05, 0.1) is 17.1 Å². The predicted molar refractivity (Wildman–Crippen MR) is 137 cm³/mol. The molecule has 11 heteroatoms. The number of carbonyl (C=O) groups is 2. The summed E-state index contributed by atoms with van der Waals surface area (Å²) in [7, 11) is 0. The molecule has 0 aliphatic carbocycles. The second-order valence-electron chi connectivity index (χ2n) is 7.94. The zero-order valence-electron chi connectivity index (χ0n) is 19.2. The number of rotatable bonds is 6. The number of aromatic nitrogens is 2. The average Bonchev–Trinajstić information content (AvgIpc) is 3.11. The Morgan fingerprint density at radius 1 is 1.21 bits per heavy atom. The van der Waals surface area contributed by atoms with Crippen LogP contribution in [0, 0.1) is 0 Å². The fourth-order valence-corrected chi connectivity index (χ4v) is 5.20. The molecule has 4 heterocycles. The van der Waals surface area contributed by atoms with E-state index in [2.05, 4.69) is 6.92 Å². The van der Waals surface area contributed by atoms with Crippen LogP contribution in [0.5, 0.6) is 0 Å². The highest BCUT2D eigenvalue weighted by Gasteiger charge is 2.33. The van der Waals surface area contributed by atoms with Crippen molar-refractivity contribution in [3.05, 3.63) is 45.2 Å². The summed E-state index contributed by atoms with van der Waals surface area (Å²) >= 11 is 6.63. The molecule has 2 aliphatic rings. The number of unbranched alkanes of at least 4 members (excludes halogenated alkanes) is 1. The van der Waals surface area contributed by atoms with Gasteiger partial charge in [-0.2, -0.15) is 0 Å². The molecule has 0 bridgehead atoms. The van der Waals surface area contributed by atoms with E-state index in [1.807, 2.05) is 11.0 Å². The monoisotopic (exact) mass is 501 g/mol. The maximum Gasteiger partial charge on any atom is 0.409 e. The third kappa shape index (κ3) is 4.80. The van der Waals surface area contributed by atoms with Crippen molar-refractivity contribution in [1.82, 2.24) is 19.2 Å². The molecule has 2 fully saturated rings. The van der Waals surface area contributed by atoms with Crippen molar-refractivity contribution in [3.63, 3.8) is 0 Å². The number of nitrogens with zero attached hydrogens (tertiary/aromatic N) is 5. The van der Waals surface area contributed by atoms with Gasteiger partial charge in [0.25, 0.3) is 11.5 Å². The molecule has 2 aromatic rings. The summed E-state index contributed by atoms with van der Waals surface area (Å²) in [5, 5.41) is 0. The lowest BCUT2D eigenvalue weighted by Gasteiger charge is -2.35. The molecule has 0 radical (unpaired) electrons. The number of piperazine rings is 1. The number of thiocarbonyl (C=S) groups is 1. The van der Waals surface area contributed by atoms with E-state index in [0.29, 0.717) is 65.6 Å². The van der Waals surface area contributed by atoms with Crippen molar-refractivity contribution in [2.75, 3.05) is 44.2 Å². The highest BCUT2D eigenvalue weighted by molar-refractivity contribution is 8.26. The Labute approximate surface area is 207 Å². The van der Waals surface area contributed by atoms with Crippen LogP contribution in [0.4, 0.5) is 10.6 Å². The summed E-state index contributed by atoms with van der Waals surface area (Å²) < 4.78 is 7.08. The van der Waals surface area contributed by atoms with Crippen LogP contribution >= 0.6 is 24.0 Å². The Balaban J connectivity index is 1.70. The predicted octanol–water partition coefficient (Wildman–Crippen LogP) is 2.97. The normalized spacial score (nSPS) is 17.8. The first-order chi connectivity index (χ1) is 16.4. The first kappa shape index (κ1) is 24.2. The van der Waals surface area contributed by atoms with Gasteiger partial charge in [0, 0.05) is 38.9 Å². The van der Waals surface area contributed by atoms with Gasteiger partial charge in [-0.15, -0.1) is 0 Å². The summed E-state index contributed by atoms with van der Waals surface area (Å²) in [6.07, 6.45) is 4.75. The Bertz CT molecular complexity index is 1200. The Morgan fingerprint density at radius 3 is 2.68 bits per heavy atom. The summed E-state index contributed by atoms with van der Waals surface area (Å²) in [5.74, 6) is 0.317. The van der Waals surface area contributed by atoms with Crippen LogP contribution in [0.15, 0.2) is 34.1 Å². The van der Waals surface area contributed by atoms with Gasteiger partial charge in [0.15, 0.2) is 0 Å². The van der Waals surface area contributed by atoms with E-state index in [1.165, 1.54) is 16.2 Å². The van der Waals surface area contributed by atoms with Crippen LogP contribution in [0.25, 0.3) is 11.7 Å². The number of amides is 2. The van der Waals surface area contributed by atoms with Crippen molar-refractivity contribution in [2.24, 2.45) is 0 Å². The van der Waals surface area contributed by atoms with Gasteiger partial charge in [0.1, 0.15) is 15.8 Å². The maximum atomic E-state index is 13.5. The minimum absolute atomic E-state index is 0.181. The molecule has 2 aliphatic heterocycles. The van der Waals surface area contributed by atoms with E-state index < -0.39 is 0 Å². The number of anilines is 1. The minimum atomic E-state index is -0.343. The number of carbonyl (C=O) groups excluding carboxylic acids is 2. The van der Waals surface area contributed by atoms with E-state index in [4.69, 9.17) is 21.9 Å². The lowest BCUT2D eigenvalue weighted by atomic mass is 10.2. The van der Waals surface area contributed by atoms with Crippen molar-refractivity contribution in [3.8, 4) is 0 Å².